The van der Waals surface area contributed by atoms with Crippen molar-refractivity contribution in [2.75, 3.05) is 6.61 Å². The van der Waals surface area contributed by atoms with E-state index in [-0.39, 0.29) is 24.9 Å². The summed E-state index contributed by atoms with van der Waals surface area (Å²) in [5.74, 6) is -0.927. The minimum atomic E-state index is -0.815. The van der Waals surface area contributed by atoms with Crippen LogP contribution in [-0.4, -0.2) is 41.1 Å². The lowest BCUT2D eigenvalue weighted by molar-refractivity contribution is -0.147. The van der Waals surface area contributed by atoms with Crippen molar-refractivity contribution in [2.24, 2.45) is 11.8 Å². The Hall–Kier alpha value is -1.43. The normalized spacial score (nSPS) is 30.2. The molecule has 1 saturated carbocycles. The summed E-state index contributed by atoms with van der Waals surface area (Å²) in [6, 6.07) is 10.1. The van der Waals surface area contributed by atoms with Crippen molar-refractivity contribution in [1.29, 1.82) is 0 Å². The molecule has 1 heterocycles. The summed E-state index contributed by atoms with van der Waals surface area (Å²) < 4.78 is 12.0. The first-order valence-electron chi connectivity index (χ1n) is 8.82. The zero-order chi connectivity index (χ0) is 16.9. The van der Waals surface area contributed by atoms with Crippen LogP contribution in [0.1, 0.15) is 37.7 Å². The van der Waals surface area contributed by atoms with E-state index in [0.717, 1.165) is 19.3 Å². The number of aliphatic hydroxyl groups is 1. The van der Waals surface area contributed by atoms with Gasteiger partial charge in [0.1, 0.15) is 0 Å². The largest absolute Gasteiger partial charge is 0.481 e. The molecule has 24 heavy (non-hydrogen) atoms. The van der Waals surface area contributed by atoms with Gasteiger partial charge >= 0.3 is 5.97 Å². The standard InChI is InChI=1S/C19H26O5/c20-8-4-7-16(19(21)22)18-10-14-9-15(11-17(14)24-18)23-12-13-5-2-1-3-6-13/h1-3,5-6,14-18,20H,4,7-12H2,(H,21,22)/t14-,15-,16?,17-,18?/m0/s1. The molecule has 1 aromatic rings. The van der Waals surface area contributed by atoms with Crippen molar-refractivity contribution in [3.8, 4) is 0 Å². The van der Waals surface area contributed by atoms with Crippen molar-refractivity contribution in [3.63, 3.8) is 0 Å². The molecule has 5 heteroatoms. The molecule has 2 N–H and O–H groups in total. The number of rotatable bonds is 8. The van der Waals surface area contributed by atoms with Crippen LogP contribution in [0, 0.1) is 11.8 Å². The van der Waals surface area contributed by atoms with E-state index >= 15 is 0 Å². The van der Waals surface area contributed by atoms with Gasteiger partial charge < -0.3 is 19.7 Å². The van der Waals surface area contributed by atoms with Gasteiger partial charge in [-0.05, 0) is 37.2 Å². The summed E-state index contributed by atoms with van der Waals surface area (Å²) in [4.78, 5) is 11.4. The van der Waals surface area contributed by atoms with E-state index in [4.69, 9.17) is 14.6 Å². The molecule has 2 fully saturated rings. The Balaban J connectivity index is 1.47. The Bertz CT molecular complexity index is 518. The maximum absolute atomic E-state index is 11.4. The molecule has 5 atom stereocenters. The number of carboxylic acid groups (broad SMARTS) is 1. The van der Waals surface area contributed by atoms with Crippen molar-refractivity contribution in [1.82, 2.24) is 0 Å². The fourth-order valence-electron chi connectivity index (χ4n) is 3.99. The van der Waals surface area contributed by atoms with E-state index in [1.54, 1.807) is 0 Å². The second-order valence-electron chi connectivity index (χ2n) is 6.91. The number of carboxylic acids is 1. The van der Waals surface area contributed by atoms with Crippen molar-refractivity contribution in [3.05, 3.63) is 35.9 Å². The van der Waals surface area contributed by atoms with Gasteiger partial charge in [0.05, 0.1) is 30.8 Å². The first-order chi connectivity index (χ1) is 11.7. The minimum absolute atomic E-state index is 0.0265. The lowest BCUT2D eigenvalue weighted by Gasteiger charge is -2.21. The Morgan fingerprint density at radius 1 is 1.25 bits per heavy atom. The van der Waals surface area contributed by atoms with Crippen LogP contribution in [0.25, 0.3) is 0 Å². The van der Waals surface area contributed by atoms with Gasteiger partial charge in [0.25, 0.3) is 0 Å². The molecule has 2 aliphatic rings. The highest BCUT2D eigenvalue weighted by Gasteiger charge is 2.46. The van der Waals surface area contributed by atoms with E-state index in [0.29, 0.717) is 25.4 Å². The monoisotopic (exact) mass is 334 g/mol. The molecule has 0 spiro atoms. The number of aliphatic hydroxyl groups excluding tert-OH is 1. The van der Waals surface area contributed by atoms with Crippen LogP contribution in [0.2, 0.25) is 0 Å². The number of fused-ring (bicyclic) bond motifs is 1. The van der Waals surface area contributed by atoms with Crippen LogP contribution >= 0.6 is 0 Å². The van der Waals surface area contributed by atoms with E-state index in [9.17, 15) is 9.90 Å². The molecule has 1 aliphatic carbocycles. The summed E-state index contributed by atoms with van der Waals surface area (Å²) in [6.45, 7) is 0.640. The van der Waals surface area contributed by atoms with Gasteiger partial charge in [-0.2, -0.15) is 0 Å². The Labute approximate surface area is 142 Å². The second kappa shape index (κ2) is 8.10. The highest BCUT2D eigenvalue weighted by molar-refractivity contribution is 5.70. The molecule has 132 valence electrons. The summed E-state index contributed by atoms with van der Waals surface area (Å²) >= 11 is 0. The number of benzene rings is 1. The SMILES string of the molecule is O=C(O)C(CCCO)C1C[C@@H]2C[C@H](OCc3ccccc3)C[C@@H]2O1. The van der Waals surface area contributed by atoms with Crippen LogP contribution in [-0.2, 0) is 20.9 Å². The molecule has 0 radical (unpaired) electrons. The van der Waals surface area contributed by atoms with Crippen LogP contribution in [0.5, 0.6) is 0 Å². The third-order valence-corrected chi connectivity index (χ3v) is 5.24. The Morgan fingerprint density at radius 3 is 2.71 bits per heavy atom. The fourth-order valence-corrected chi connectivity index (χ4v) is 3.99. The Kier molecular flexibility index (Phi) is 5.87. The zero-order valence-corrected chi connectivity index (χ0v) is 13.8. The average Bonchev–Trinajstić information content (AvgIpc) is 3.12. The molecule has 5 nitrogen and oxygen atoms in total. The van der Waals surface area contributed by atoms with E-state index in [2.05, 4.69) is 12.1 Å². The molecule has 1 saturated heterocycles. The molecule has 2 unspecified atom stereocenters. The number of hydrogen-bond acceptors (Lipinski definition) is 4. The third kappa shape index (κ3) is 4.15. The number of ether oxygens (including phenoxy) is 2. The molecular weight excluding hydrogens is 308 g/mol. The van der Waals surface area contributed by atoms with Crippen LogP contribution < -0.4 is 0 Å². The molecular formula is C19H26O5. The smallest absolute Gasteiger partial charge is 0.309 e. The van der Waals surface area contributed by atoms with Crippen molar-refractivity contribution < 1.29 is 24.5 Å². The summed E-state index contributed by atoms with van der Waals surface area (Å²) in [5.41, 5.74) is 1.17. The van der Waals surface area contributed by atoms with Gasteiger partial charge in [0.2, 0.25) is 0 Å². The quantitative estimate of drug-likeness (QED) is 0.764. The number of hydrogen-bond donors (Lipinski definition) is 2. The van der Waals surface area contributed by atoms with Crippen molar-refractivity contribution in [2.45, 2.75) is 57.0 Å². The molecule has 0 bridgehead atoms. The van der Waals surface area contributed by atoms with Gasteiger partial charge in [0, 0.05) is 13.0 Å². The first-order valence-corrected chi connectivity index (χ1v) is 8.82. The zero-order valence-electron chi connectivity index (χ0n) is 13.8. The van der Waals surface area contributed by atoms with Gasteiger partial charge in [-0.25, -0.2) is 0 Å². The van der Waals surface area contributed by atoms with Crippen LogP contribution in [0.15, 0.2) is 30.3 Å². The topological polar surface area (TPSA) is 76.0 Å². The summed E-state index contributed by atoms with van der Waals surface area (Å²) in [5, 5.41) is 18.3. The molecule has 1 aliphatic heterocycles. The summed E-state index contributed by atoms with van der Waals surface area (Å²) in [6.07, 6.45) is 3.66. The second-order valence-corrected chi connectivity index (χ2v) is 6.91. The highest BCUT2D eigenvalue weighted by atomic mass is 16.5. The lowest BCUT2D eigenvalue weighted by atomic mass is 9.91. The maximum Gasteiger partial charge on any atom is 0.309 e. The predicted octanol–water partition coefficient (Wildman–Crippen LogP) is 2.61. The van der Waals surface area contributed by atoms with Crippen LogP contribution in [0.4, 0.5) is 0 Å². The van der Waals surface area contributed by atoms with E-state index < -0.39 is 11.9 Å². The van der Waals surface area contributed by atoms with Gasteiger partial charge in [-0.3, -0.25) is 4.79 Å². The van der Waals surface area contributed by atoms with Gasteiger partial charge in [-0.1, -0.05) is 30.3 Å². The van der Waals surface area contributed by atoms with Gasteiger partial charge in [-0.15, -0.1) is 0 Å². The maximum atomic E-state index is 11.4. The summed E-state index contributed by atoms with van der Waals surface area (Å²) in [7, 11) is 0. The van der Waals surface area contributed by atoms with E-state index in [1.807, 2.05) is 18.2 Å². The molecule has 0 aromatic heterocycles. The van der Waals surface area contributed by atoms with Gasteiger partial charge in [0.15, 0.2) is 0 Å². The predicted molar refractivity (Wildman–Crippen MR) is 88.5 cm³/mol. The molecule has 0 amide bonds. The Morgan fingerprint density at radius 2 is 2.04 bits per heavy atom. The number of carbonyl (C=O) groups is 1. The average molecular weight is 334 g/mol. The minimum Gasteiger partial charge on any atom is -0.481 e. The van der Waals surface area contributed by atoms with Crippen molar-refractivity contribution >= 4 is 5.97 Å². The first kappa shape index (κ1) is 17.4. The number of aliphatic carboxylic acids is 1. The fraction of sp³-hybridized carbons (Fsp3) is 0.632. The highest BCUT2D eigenvalue weighted by Crippen LogP contribution is 2.43. The molecule has 3 rings (SSSR count). The van der Waals surface area contributed by atoms with E-state index in [1.165, 1.54) is 5.56 Å². The van der Waals surface area contributed by atoms with Crippen LogP contribution in [0.3, 0.4) is 0 Å². The third-order valence-electron chi connectivity index (χ3n) is 5.24. The molecule has 1 aromatic carbocycles. The lowest BCUT2D eigenvalue weighted by Crippen LogP contribution is -2.29.